The number of aromatic nitrogens is 2. The topological polar surface area (TPSA) is 59.1 Å². The van der Waals surface area contributed by atoms with Crippen molar-refractivity contribution in [3.8, 4) is 5.75 Å². The Balaban J connectivity index is 1.84. The van der Waals surface area contributed by atoms with Gasteiger partial charge in [-0.15, -0.1) is 0 Å². The molecule has 0 amide bonds. The van der Waals surface area contributed by atoms with Gasteiger partial charge >= 0.3 is 6.18 Å². The van der Waals surface area contributed by atoms with Crippen LogP contribution < -0.4 is 15.4 Å². The lowest BCUT2D eigenvalue weighted by atomic mass is 10.2. The number of halogens is 3. The van der Waals surface area contributed by atoms with Gasteiger partial charge < -0.3 is 15.4 Å². The molecule has 2 aromatic rings. The zero-order valence-corrected chi connectivity index (χ0v) is 13.9. The molecule has 5 nitrogen and oxygen atoms in total. The fourth-order valence-corrected chi connectivity index (χ4v) is 2.32. The van der Waals surface area contributed by atoms with Gasteiger partial charge in [-0.05, 0) is 43.4 Å². The minimum Gasteiger partial charge on any atom is -0.491 e. The first-order valence-corrected chi connectivity index (χ1v) is 7.99. The van der Waals surface area contributed by atoms with Crippen LogP contribution in [-0.2, 0) is 6.18 Å². The molecule has 0 bridgehead atoms. The number of alkyl halides is 3. The summed E-state index contributed by atoms with van der Waals surface area (Å²) in [4.78, 5) is 7.71. The average molecular weight is 352 g/mol. The van der Waals surface area contributed by atoms with E-state index < -0.39 is 11.7 Å². The van der Waals surface area contributed by atoms with Gasteiger partial charge in [-0.3, -0.25) is 0 Å². The van der Waals surface area contributed by atoms with E-state index in [1.54, 1.807) is 0 Å². The molecule has 1 aliphatic carbocycles. The highest BCUT2D eigenvalue weighted by molar-refractivity contribution is 5.64. The summed E-state index contributed by atoms with van der Waals surface area (Å²) in [6, 6.07) is 5.60. The normalized spacial score (nSPS) is 14.3. The van der Waals surface area contributed by atoms with Crippen LogP contribution >= 0.6 is 0 Å². The van der Waals surface area contributed by atoms with Crippen LogP contribution in [0.1, 0.15) is 24.0 Å². The van der Waals surface area contributed by atoms with Crippen molar-refractivity contribution in [3.63, 3.8) is 0 Å². The molecule has 0 saturated heterocycles. The van der Waals surface area contributed by atoms with Crippen molar-refractivity contribution in [2.24, 2.45) is 5.92 Å². The smallest absolute Gasteiger partial charge is 0.421 e. The molecule has 25 heavy (non-hydrogen) atoms. The van der Waals surface area contributed by atoms with Crippen molar-refractivity contribution >= 4 is 17.5 Å². The molecule has 1 heterocycles. The molecular formula is C17H19F3N4O. The summed E-state index contributed by atoms with van der Waals surface area (Å²) in [5.41, 5.74) is 0.708. The Kier molecular flexibility index (Phi) is 4.69. The van der Waals surface area contributed by atoms with E-state index >= 15 is 0 Å². The highest BCUT2D eigenvalue weighted by Crippen LogP contribution is 2.35. The van der Waals surface area contributed by atoms with E-state index in [2.05, 4.69) is 20.6 Å². The van der Waals surface area contributed by atoms with Crippen LogP contribution in [0.25, 0.3) is 0 Å². The third kappa shape index (κ3) is 4.32. The van der Waals surface area contributed by atoms with E-state index in [0.29, 0.717) is 24.0 Å². The number of nitrogens with zero attached hydrogens (tertiary/aromatic N) is 2. The predicted octanol–water partition coefficient (Wildman–Crippen LogP) is 4.38. The molecule has 0 radical (unpaired) electrons. The summed E-state index contributed by atoms with van der Waals surface area (Å²) < 4.78 is 44.6. The first-order valence-electron chi connectivity index (χ1n) is 7.99. The standard InChI is InChI=1S/C17H19F3N4O/c1-10-3-6-14(25-9-11-4-5-11)13(7-10)23-16-22-8-12(17(18,19)20)15(21-2)24-16/h3,6-8,11H,4-5,9H2,1-2H3,(H2,21,22,23,24). The van der Waals surface area contributed by atoms with E-state index in [9.17, 15) is 13.2 Å². The van der Waals surface area contributed by atoms with Gasteiger partial charge in [-0.1, -0.05) is 6.07 Å². The van der Waals surface area contributed by atoms with Gasteiger partial charge in [0.15, 0.2) is 0 Å². The largest absolute Gasteiger partial charge is 0.491 e. The fourth-order valence-electron chi connectivity index (χ4n) is 2.32. The Morgan fingerprint density at radius 2 is 2.04 bits per heavy atom. The summed E-state index contributed by atoms with van der Waals surface area (Å²) in [6.07, 6.45) is -1.41. The number of anilines is 3. The monoisotopic (exact) mass is 352 g/mol. The molecule has 3 rings (SSSR count). The van der Waals surface area contributed by atoms with Gasteiger partial charge in [-0.25, -0.2) is 4.98 Å². The second-order valence-electron chi connectivity index (χ2n) is 6.08. The molecule has 0 aliphatic heterocycles. The van der Waals surface area contributed by atoms with Gasteiger partial charge in [0.2, 0.25) is 5.95 Å². The minimum atomic E-state index is -4.52. The van der Waals surface area contributed by atoms with Crippen molar-refractivity contribution in [2.75, 3.05) is 24.3 Å². The molecule has 0 atom stereocenters. The number of aryl methyl sites for hydroxylation is 1. The van der Waals surface area contributed by atoms with Gasteiger partial charge in [0, 0.05) is 13.2 Å². The molecule has 1 aliphatic rings. The quantitative estimate of drug-likeness (QED) is 0.808. The van der Waals surface area contributed by atoms with Crippen LogP contribution in [0.3, 0.4) is 0 Å². The first kappa shape index (κ1) is 17.3. The van der Waals surface area contributed by atoms with E-state index in [-0.39, 0.29) is 11.8 Å². The second-order valence-corrected chi connectivity index (χ2v) is 6.08. The maximum Gasteiger partial charge on any atom is 0.421 e. The van der Waals surface area contributed by atoms with Crippen LogP contribution in [0.5, 0.6) is 5.75 Å². The summed E-state index contributed by atoms with van der Waals surface area (Å²) in [7, 11) is 1.39. The lowest BCUT2D eigenvalue weighted by Crippen LogP contribution is -2.12. The average Bonchev–Trinajstić information content (AvgIpc) is 3.37. The van der Waals surface area contributed by atoms with Crippen molar-refractivity contribution in [3.05, 3.63) is 35.5 Å². The zero-order valence-electron chi connectivity index (χ0n) is 13.9. The van der Waals surface area contributed by atoms with Crippen LogP contribution in [0.4, 0.5) is 30.6 Å². The summed E-state index contributed by atoms with van der Waals surface area (Å²) in [6.45, 7) is 2.55. The van der Waals surface area contributed by atoms with Gasteiger partial charge in [0.25, 0.3) is 0 Å². The van der Waals surface area contributed by atoms with E-state index in [1.165, 1.54) is 19.9 Å². The molecule has 134 valence electrons. The van der Waals surface area contributed by atoms with Crippen LogP contribution in [0.2, 0.25) is 0 Å². The van der Waals surface area contributed by atoms with Crippen LogP contribution in [-0.4, -0.2) is 23.6 Å². The maximum atomic E-state index is 12.9. The molecule has 1 aromatic heterocycles. The Morgan fingerprint density at radius 3 is 2.68 bits per heavy atom. The van der Waals surface area contributed by atoms with E-state index in [0.717, 1.165) is 11.8 Å². The zero-order chi connectivity index (χ0) is 18.0. The third-order valence-electron chi connectivity index (χ3n) is 3.88. The maximum absolute atomic E-state index is 12.9. The van der Waals surface area contributed by atoms with Crippen molar-refractivity contribution < 1.29 is 17.9 Å². The summed E-state index contributed by atoms with van der Waals surface area (Å²) in [5, 5.41) is 5.42. The molecule has 0 spiro atoms. The Hall–Kier alpha value is -2.51. The minimum absolute atomic E-state index is 0.0687. The molecule has 1 fully saturated rings. The molecule has 8 heteroatoms. The van der Waals surface area contributed by atoms with Gasteiger partial charge in [0.1, 0.15) is 17.1 Å². The van der Waals surface area contributed by atoms with Crippen molar-refractivity contribution in [1.82, 2.24) is 9.97 Å². The van der Waals surface area contributed by atoms with E-state index in [1.807, 2.05) is 25.1 Å². The highest BCUT2D eigenvalue weighted by atomic mass is 19.4. The van der Waals surface area contributed by atoms with E-state index in [4.69, 9.17) is 4.74 Å². The lowest BCUT2D eigenvalue weighted by molar-refractivity contribution is -0.137. The number of hydrogen-bond donors (Lipinski definition) is 2. The Bertz CT molecular complexity index is 760. The van der Waals surface area contributed by atoms with Crippen molar-refractivity contribution in [2.45, 2.75) is 25.9 Å². The van der Waals surface area contributed by atoms with Crippen LogP contribution in [0, 0.1) is 12.8 Å². The van der Waals surface area contributed by atoms with Gasteiger partial charge in [-0.2, -0.15) is 18.2 Å². The predicted molar refractivity (Wildman–Crippen MR) is 89.3 cm³/mol. The van der Waals surface area contributed by atoms with Crippen molar-refractivity contribution in [1.29, 1.82) is 0 Å². The number of ether oxygens (including phenoxy) is 1. The number of rotatable bonds is 6. The summed E-state index contributed by atoms with van der Waals surface area (Å²) in [5.74, 6) is 1.01. The third-order valence-corrected chi connectivity index (χ3v) is 3.88. The molecule has 1 saturated carbocycles. The highest BCUT2D eigenvalue weighted by Gasteiger charge is 2.35. The number of hydrogen-bond acceptors (Lipinski definition) is 5. The molecule has 1 aromatic carbocycles. The van der Waals surface area contributed by atoms with Crippen LogP contribution in [0.15, 0.2) is 24.4 Å². The Labute approximate surface area is 143 Å². The van der Waals surface area contributed by atoms with Gasteiger partial charge in [0.05, 0.1) is 12.3 Å². The molecular weight excluding hydrogens is 333 g/mol. The molecule has 0 unspecified atom stereocenters. The summed E-state index contributed by atoms with van der Waals surface area (Å²) >= 11 is 0. The molecule has 2 N–H and O–H groups in total. The second kappa shape index (κ2) is 6.78. The SMILES string of the molecule is CNc1nc(Nc2cc(C)ccc2OCC2CC2)ncc1C(F)(F)F. The number of nitrogens with one attached hydrogen (secondary N) is 2. The Morgan fingerprint density at radius 1 is 1.28 bits per heavy atom. The number of benzene rings is 1. The fraction of sp³-hybridized carbons (Fsp3) is 0.412. The first-order chi connectivity index (χ1) is 11.9. The lowest BCUT2D eigenvalue weighted by Gasteiger charge is -2.15.